The maximum atomic E-state index is 6.08. The van der Waals surface area contributed by atoms with Crippen molar-refractivity contribution < 1.29 is 0 Å². The molecule has 2 heterocycles. The summed E-state index contributed by atoms with van der Waals surface area (Å²) < 4.78 is 4.16. The van der Waals surface area contributed by atoms with Crippen molar-refractivity contribution in [3.05, 3.63) is 28.5 Å². The Labute approximate surface area is 85.7 Å². The summed E-state index contributed by atoms with van der Waals surface area (Å²) in [6.45, 7) is 1.91. The minimum atomic E-state index is -0.947. The summed E-state index contributed by atoms with van der Waals surface area (Å²) in [5, 5.41) is 2.79. The first-order valence-corrected chi connectivity index (χ1v) is 4.89. The molecule has 6 heteroatoms. The van der Waals surface area contributed by atoms with Crippen molar-refractivity contribution in [2.24, 2.45) is 16.5 Å². The van der Waals surface area contributed by atoms with E-state index in [2.05, 4.69) is 14.7 Å². The van der Waals surface area contributed by atoms with Crippen LogP contribution in [0.3, 0.4) is 0 Å². The van der Waals surface area contributed by atoms with E-state index in [1.807, 2.05) is 13.0 Å². The molecule has 2 rings (SSSR count). The molecule has 0 spiro atoms. The fourth-order valence-corrected chi connectivity index (χ4v) is 2.03. The molecule has 1 atom stereocenters. The van der Waals surface area contributed by atoms with E-state index >= 15 is 0 Å². The summed E-state index contributed by atoms with van der Waals surface area (Å²) in [5.74, 6) is 0. The van der Waals surface area contributed by atoms with E-state index in [1.165, 1.54) is 17.9 Å². The van der Waals surface area contributed by atoms with Gasteiger partial charge in [-0.15, -0.1) is 0 Å². The molecule has 1 aromatic heterocycles. The van der Waals surface area contributed by atoms with Gasteiger partial charge in [0.05, 0.1) is 22.6 Å². The molecule has 1 aliphatic rings. The smallest absolute Gasteiger partial charge is 0.187 e. The molecule has 74 valence electrons. The number of hydrogen-bond acceptors (Lipinski definition) is 6. The van der Waals surface area contributed by atoms with Crippen molar-refractivity contribution in [2.75, 3.05) is 0 Å². The van der Waals surface area contributed by atoms with Gasteiger partial charge in [-0.3, -0.25) is 5.73 Å². The third kappa shape index (κ3) is 1.28. The van der Waals surface area contributed by atoms with Crippen LogP contribution in [0.25, 0.3) is 0 Å². The molecule has 14 heavy (non-hydrogen) atoms. The quantitative estimate of drug-likeness (QED) is 0.607. The van der Waals surface area contributed by atoms with Crippen molar-refractivity contribution in [1.82, 2.24) is 9.69 Å². The van der Waals surface area contributed by atoms with E-state index in [9.17, 15) is 0 Å². The van der Waals surface area contributed by atoms with E-state index in [4.69, 9.17) is 11.5 Å². The summed E-state index contributed by atoms with van der Waals surface area (Å²) in [6.07, 6.45) is 3.17. The van der Waals surface area contributed by atoms with Gasteiger partial charge in [0.2, 0.25) is 0 Å². The molecule has 5 N–H and O–H groups in total. The number of nitrogens with two attached hydrogens (primary N) is 2. The van der Waals surface area contributed by atoms with Crippen LogP contribution in [0.4, 0.5) is 0 Å². The number of aliphatic imine (C=N–C) groups is 1. The van der Waals surface area contributed by atoms with Gasteiger partial charge in [0.1, 0.15) is 0 Å². The molecule has 1 unspecified atom stereocenters. The van der Waals surface area contributed by atoms with Crippen LogP contribution in [0.2, 0.25) is 0 Å². The second-order valence-electron chi connectivity index (χ2n) is 3.12. The normalized spacial score (nSPS) is 25.7. The highest BCUT2D eigenvalue weighted by atomic mass is 32.1. The highest BCUT2D eigenvalue weighted by Gasteiger charge is 2.33. The van der Waals surface area contributed by atoms with Crippen LogP contribution in [-0.4, -0.2) is 10.7 Å². The van der Waals surface area contributed by atoms with Crippen molar-refractivity contribution in [3.63, 3.8) is 0 Å². The van der Waals surface area contributed by atoms with Gasteiger partial charge in [-0.25, -0.2) is 4.99 Å². The molecular weight excluding hydrogens is 198 g/mol. The highest BCUT2D eigenvalue weighted by molar-refractivity contribution is 7.06. The first-order valence-electron chi connectivity index (χ1n) is 4.11. The fraction of sp³-hybridized carbons (Fsp3) is 0.250. The first kappa shape index (κ1) is 9.17. The van der Waals surface area contributed by atoms with E-state index in [-0.39, 0.29) is 0 Å². The Morgan fingerprint density at radius 1 is 1.57 bits per heavy atom. The summed E-state index contributed by atoms with van der Waals surface area (Å²) in [5.41, 5.74) is 12.3. The molecule has 0 aliphatic carbocycles. The van der Waals surface area contributed by atoms with Crippen LogP contribution in [-0.2, 0) is 5.66 Å². The average molecular weight is 209 g/mol. The van der Waals surface area contributed by atoms with Gasteiger partial charge >= 0.3 is 0 Å². The van der Waals surface area contributed by atoms with E-state index in [1.54, 1.807) is 6.20 Å². The van der Waals surface area contributed by atoms with Gasteiger partial charge < -0.3 is 11.1 Å². The number of nitrogens with zero attached hydrogens (tertiary/aromatic N) is 2. The van der Waals surface area contributed by atoms with Crippen molar-refractivity contribution in [2.45, 2.75) is 12.6 Å². The molecule has 0 saturated heterocycles. The predicted molar refractivity (Wildman–Crippen MR) is 56.6 cm³/mol. The van der Waals surface area contributed by atoms with Crippen molar-refractivity contribution >= 4 is 17.9 Å². The Morgan fingerprint density at radius 3 is 2.93 bits per heavy atom. The number of rotatable bonds is 1. The molecule has 0 saturated carbocycles. The molecule has 1 aromatic rings. The lowest BCUT2D eigenvalue weighted by Crippen LogP contribution is -2.43. The molecule has 5 nitrogen and oxygen atoms in total. The van der Waals surface area contributed by atoms with E-state index in [0.29, 0.717) is 5.70 Å². The Bertz CT molecular complexity index is 408. The topological polar surface area (TPSA) is 89.3 Å². The van der Waals surface area contributed by atoms with Gasteiger partial charge in [-0.05, 0) is 24.5 Å². The number of hydrogen-bond donors (Lipinski definition) is 3. The Balaban J connectivity index is 2.45. The minimum absolute atomic E-state index is 0.489. The van der Waals surface area contributed by atoms with E-state index < -0.39 is 5.66 Å². The second-order valence-corrected chi connectivity index (χ2v) is 3.93. The lowest BCUT2D eigenvalue weighted by Gasteiger charge is -2.26. The molecule has 1 aliphatic heterocycles. The third-order valence-electron chi connectivity index (χ3n) is 2.03. The maximum Gasteiger partial charge on any atom is 0.187 e. The molecule has 0 aromatic carbocycles. The van der Waals surface area contributed by atoms with E-state index in [0.717, 1.165) is 10.6 Å². The van der Waals surface area contributed by atoms with Gasteiger partial charge in [-0.1, -0.05) is 0 Å². The van der Waals surface area contributed by atoms with Gasteiger partial charge in [0, 0.05) is 6.20 Å². The second kappa shape index (κ2) is 3.07. The minimum Gasteiger partial charge on any atom is -0.397 e. The Morgan fingerprint density at radius 2 is 2.36 bits per heavy atom. The van der Waals surface area contributed by atoms with Crippen LogP contribution < -0.4 is 16.8 Å². The van der Waals surface area contributed by atoms with Crippen LogP contribution in [0.5, 0.6) is 0 Å². The molecule has 0 radical (unpaired) electrons. The maximum absolute atomic E-state index is 6.08. The van der Waals surface area contributed by atoms with Gasteiger partial charge in [0.25, 0.3) is 0 Å². The zero-order valence-electron chi connectivity index (χ0n) is 7.69. The summed E-state index contributed by atoms with van der Waals surface area (Å²) in [6, 6.07) is 1.90. The van der Waals surface area contributed by atoms with Gasteiger partial charge in [-0.2, -0.15) is 4.37 Å². The van der Waals surface area contributed by atoms with Crippen LogP contribution in [0.15, 0.2) is 23.0 Å². The molecule has 0 bridgehead atoms. The van der Waals surface area contributed by atoms with Crippen molar-refractivity contribution in [3.8, 4) is 0 Å². The first-order chi connectivity index (χ1) is 6.63. The number of nitrogens with one attached hydrogen (secondary N) is 1. The standard InChI is InChI=1S/C8H11N5S/c1-5-2-7(14-13-5)8(10)6(9)3-11-4-12-8/h2-4H,9-10H2,1H3,(H,11,12). The summed E-state index contributed by atoms with van der Waals surface area (Å²) in [4.78, 5) is 4.99. The summed E-state index contributed by atoms with van der Waals surface area (Å²) >= 11 is 1.32. The Kier molecular flexibility index (Phi) is 2.01. The third-order valence-corrected chi connectivity index (χ3v) is 3.03. The number of aromatic nitrogens is 1. The molecule has 0 fully saturated rings. The average Bonchev–Trinajstić information content (AvgIpc) is 2.58. The lowest BCUT2D eigenvalue weighted by atomic mass is 10.1. The highest BCUT2D eigenvalue weighted by Crippen LogP contribution is 2.29. The monoisotopic (exact) mass is 209 g/mol. The zero-order chi connectivity index (χ0) is 10.2. The SMILES string of the molecule is Cc1cc(C2(N)N=CNC=C2N)sn1. The predicted octanol–water partition coefficient (Wildman–Crippen LogP) is -0.00538. The van der Waals surface area contributed by atoms with Crippen LogP contribution in [0.1, 0.15) is 10.6 Å². The lowest BCUT2D eigenvalue weighted by molar-refractivity contribution is 0.550. The molecule has 0 amide bonds. The van der Waals surface area contributed by atoms with Crippen molar-refractivity contribution in [1.29, 1.82) is 0 Å². The van der Waals surface area contributed by atoms with Crippen LogP contribution >= 0.6 is 11.5 Å². The summed E-state index contributed by atoms with van der Waals surface area (Å²) in [7, 11) is 0. The van der Waals surface area contributed by atoms with Crippen LogP contribution in [0, 0.1) is 6.92 Å². The fourth-order valence-electron chi connectivity index (χ4n) is 1.20. The molecular formula is C8H11N5S. The largest absolute Gasteiger partial charge is 0.397 e. The van der Waals surface area contributed by atoms with Gasteiger partial charge in [0.15, 0.2) is 5.66 Å². The number of aryl methyl sites for hydroxylation is 1. The Hall–Kier alpha value is -1.40. The zero-order valence-corrected chi connectivity index (χ0v) is 8.51.